The molecule has 0 heterocycles. The van der Waals surface area contributed by atoms with E-state index >= 15 is 0 Å². The van der Waals surface area contributed by atoms with Gasteiger partial charge in [-0.1, -0.05) is 36.9 Å². The molecule has 10 heavy (non-hydrogen) atoms. The summed E-state index contributed by atoms with van der Waals surface area (Å²) in [4.78, 5) is 0. The molecule has 0 bridgehead atoms. The smallest absolute Gasteiger partial charge is 0.00917 e. The molecule has 0 amide bonds. The molecule has 0 saturated carbocycles. The first-order chi connectivity index (χ1) is 4.84. The summed E-state index contributed by atoms with van der Waals surface area (Å²) in [5.74, 6) is 0. The molecule has 0 saturated heterocycles. The van der Waals surface area contributed by atoms with E-state index in [1.165, 1.54) is 11.1 Å². The van der Waals surface area contributed by atoms with Crippen LogP contribution in [0.4, 0.5) is 0 Å². The van der Waals surface area contributed by atoms with Gasteiger partial charge in [0.05, 0.1) is 0 Å². The fourth-order valence-electron chi connectivity index (χ4n) is 0.966. The van der Waals surface area contributed by atoms with Gasteiger partial charge in [0.15, 0.2) is 0 Å². The van der Waals surface area contributed by atoms with Crippen molar-refractivity contribution in [1.29, 1.82) is 0 Å². The van der Waals surface area contributed by atoms with Crippen molar-refractivity contribution >= 4 is 0 Å². The molecule has 0 aromatic heterocycles. The van der Waals surface area contributed by atoms with Crippen LogP contribution in [-0.2, 0) is 6.42 Å². The highest BCUT2D eigenvalue weighted by Gasteiger charge is 1.90. The normalized spacial score (nSPS) is 9.30. The first-order valence-electron chi connectivity index (χ1n) is 3.42. The van der Waals surface area contributed by atoms with Crippen LogP contribution in [0.15, 0.2) is 30.3 Å². The van der Waals surface area contributed by atoms with Crippen LogP contribution < -0.4 is 0 Å². The number of hydrogen-bond acceptors (Lipinski definition) is 0. The average molecular weight is 131 g/mol. The fraction of sp³-hybridized carbons (Fsp3) is 0.200. The molecule has 0 unspecified atom stereocenters. The van der Waals surface area contributed by atoms with E-state index in [0.717, 1.165) is 6.42 Å². The second-order valence-electron chi connectivity index (χ2n) is 2.37. The fourth-order valence-corrected chi connectivity index (χ4v) is 0.966. The van der Waals surface area contributed by atoms with Crippen molar-refractivity contribution in [2.45, 2.75) is 13.3 Å². The van der Waals surface area contributed by atoms with Crippen molar-refractivity contribution in [3.8, 4) is 0 Å². The number of aryl methyl sites for hydroxylation is 1. The maximum atomic E-state index is 5.30. The van der Waals surface area contributed by atoms with E-state index < -0.39 is 0 Å². The Labute approximate surface area is 62.2 Å². The lowest BCUT2D eigenvalue weighted by molar-refractivity contribution is 1.22. The molecule has 1 rings (SSSR count). The van der Waals surface area contributed by atoms with E-state index in [4.69, 9.17) is 6.58 Å². The van der Waals surface area contributed by atoms with Gasteiger partial charge >= 0.3 is 0 Å². The molecule has 1 aromatic rings. The van der Waals surface area contributed by atoms with Crippen molar-refractivity contribution in [1.82, 2.24) is 0 Å². The molecule has 1 aromatic carbocycles. The summed E-state index contributed by atoms with van der Waals surface area (Å²) in [6.07, 6.45) is 2.55. The topological polar surface area (TPSA) is 0 Å². The predicted octanol–water partition coefficient (Wildman–Crippen LogP) is 2.53. The van der Waals surface area contributed by atoms with Crippen molar-refractivity contribution in [3.05, 3.63) is 48.0 Å². The summed E-state index contributed by atoms with van der Waals surface area (Å²) in [6, 6.07) is 8.26. The van der Waals surface area contributed by atoms with Crippen LogP contribution in [0.1, 0.15) is 11.1 Å². The summed E-state index contributed by atoms with van der Waals surface area (Å²) in [5.41, 5.74) is 2.62. The highest BCUT2D eigenvalue weighted by molar-refractivity contribution is 5.26. The Morgan fingerprint density at radius 2 is 2.10 bits per heavy atom. The highest BCUT2D eigenvalue weighted by atomic mass is 14.0. The number of allylic oxidation sites excluding steroid dienone is 1. The zero-order valence-electron chi connectivity index (χ0n) is 6.17. The van der Waals surface area contributed by atoms with E-state index in [2.05, 4.69) is 19.1 Å². The van der Waals surface area contributed by atoms with Crippen LogP contribution in [0.25, 0.3) is 0 Å². The standard InChI is InChI=1S/C10H11/c1-3-6-10-8-5-4-7-9(10)2/h1,3-5,7-8H,6H2,2H3. The third kappa shape index (κ3) is 1.47. The van der Waals surface area contributed by atoms with Crippen molar-refractivity contribution in [3.63, 3.8) is 0 Å². The van der Waals surface area contributed by atoms with E-state index in [1.807, 2.05) is 12.1 Å². The average Bonchev–Trinajstić information content (AvgIpc) is 1.94. The van der Waals surface area contributed by atoms with Crippen LogP contribution in [0.5, 0.6) is 0 Å². The Bertz CT molecular complexity index is 223. The van der Waals surface area contributed by atoms with Gasteiger partial charge in [-0.2, -0.15) is 0 Å². The molecule has 0 atom stereocenters. The largest absolute Gasteiger partial charge is 0.0801 e. The third-order valence-corrected chi connectivity index (χ3v) is 1.60. The minimum Gasteiger partial charge on any atom is -0.0801 e. The molecule has 0 spiro atoms. The van der Waals surface area contributed by atoms with Gasteiger partial charge in [-0.3, -0.25) is 0 Å². The number of benzene rings is 1. The molecular formula is C10H11. The second kappa shape index (κ2) is 3.21. The van der Waals surface area contributed by atoms with Gasteiger partial charge < -0.3 is 0 Å². The van der Waals surface area contributed by atoms with Gasteiger partial charge in [0.1, 0.15) is 0 Å². The molecule has 0 N–H and O–H groups in total. The molecule has 0 nitrogen and oxygen atoms in total. The maximum Gasteiger partial charge on any atom is -0.00917 e. The Morgan fingerprint density at radius 3 is 2.70 bits per heavy atom. The monoisotopic (exact) mass is 131 g/mol. The summed E-state index contributed by atoms with van der Waals surface area (Å²) in [5, 5.41) is 0. The third-order valence-electron chi connectivity index (χ3n) is 1.60. The summed E-state index contributed by atoms with van der Waals surface area (Å²) in [6.45, 7) is 7.40. The number of rotatable bonds is 2. The Hall–Kier alpha value is -1.04. The van der Waals surface area contributed by atoms with E-state index in [1.54, 1.807) is 6.08 Å². The van der Waals surface area contributed by atoms with E-state index in [-0.39, 0.29) is 0 Å². The van der Waals surface area contributed by atoms with Gasteiger partial charge in [-0.15, -0.1) is 0 Å². The van der Waals surface area contributed by atoms with Crippen LogP contribution in [0.2, 0.25) is 0 Å². The minimum absolute atomic E-state index is 0.868. The predicted molar refractivity (Wildman–Crippen MR) is 43.8 cm³/mol. The minimum atomic E-state index is 0.868. The molecule has 0 fully saturated rings. The summed E-state index contributed by atoms with van der Waals surface area (Å²) < 4.78 is 0. The van der Waals surface area contributed by atoms with E-state index in [9.17, 15) is 0 Å². The molecule has 51 valence electrons. The van der Waals surface area contributed by atoms with Crippen LogP contribution in [-0.4, -0.2) is 0 Å². The summed E-state index contributed by atoms with van der Waals surface area (Å²) >= 11 is 0. The molecule has 0 aliphatic rings. The molecule has 0 aliphatic carbocycles. The lowest BCUT2D eigenvalue weighted by Gasteiger charge is -1.99. The van der Waals surface area contributed by atoms with Crippen molar-refractivity contribution < 1.29 is 0 Å². The first kappa shape index (κ1) is 7.07. The van der Waals surface area contributed by atoms with Crippen LogP contribution in [0.3, 0.4) is 0 Å². The Morgan fingerprint density at radius 1 is 1.40 bits per heavy atom. The lowest BCUT2D eigenvalue weighted by Crippen LogP contribution is -1.83. The molecule has 0 heteroatoms. The SMILES string of the molecule is [CH]=CCc1ccccc1C. The first-order valence-corrected chi connectivity index (χ1v) is 3.42. The van der Waals surface area contributed by atoms with Crippen LogP contribution >= 0.6 is 0 Å². The molecule has 0 aliphatic heterocycles. The van der Waals surface area contributed by atoms with Crippen molar-refractivity contribution in [2.75, 3.05) is 0 Å². The Balaban J connectivity index is 2.91. The van der Waals surface area contributed by atoms with E-state index in [0.29, 0.717) is 0 Å². The lowest BCUT2D eigenvalue weighted by atomic mass is 10.1. The van der Waals surface area contributed by atoms with Crippen molar-refractivity contribution in [2.24, 2.45) is 0 Å². The van der Waals surface area contributed by atoms with Gasteiger partial charge in [-0.25, -0.2) is 0 Å². The zero-order valence-corrected chi connectivity index (χ0v) is 6.17. The maximum absolute atomic E-state index is 5.30. The van der Waals surface area contributed by atoms with Gasteiger partial charge in [0.25, 0.3) is 0 Å². The Kier molecular flexibility index (Phi) is 2.27. The van der Waals surface area contributed by atoms with Gasteiger partial charge in [0, 0.05) is 0 Å². The molecular weight excluding hydrogens is 120 g/mol. The zero-order chi connectivity index (χ0) is 7.40. The highest BCUT2D eigenvalue weighted by Crippen LogP contribution is 2.06. The summed E-state index contributed by atoms with van der Waals surface area (Å²) in [7, 11) is 0. The number of hydrogen-bond donors (Lipinski definition) is 0. The van der Waals surface area contributed by atoms with Gasteiger partial charge in [-0.05, 0) is 24.5 Å². The molecule has 1 radical (unpaired) electrons. The second-order valence-corrected chi connectivity index (χ2v) is 2.37. The van der Waals surface area contributed by atoms with Gasteiger partial charge in [0.2, 0.25) is 0 Å². The van der Waals surface area contributed by atoms with Crippen LogP contribution in [0, 0.1) is 13.5 Å². The quantitative estimate of drug-likeness (QED) is 0.578.